The number of anilines is 2. The summed E-state index contributed by atoms with van der Waals surface area (Å²) in [6.07, 6.45) is 7.62. The van der Waals surface area contributed by atoms with Gasteiger partial charge in [-0.1, -0.05) is 33.6 Å². The number of aryl methyl sites for hydroxylation is 1. The molecule has 1 saturated carbocycles. The maximum atomic E-state index is 4.61. The van der Waals surface area contributed by atoms with Crippen molar-refractivity contribution in [3.63, 3.8) is 0 Å². The molecule has 1 aliphatic rings. The molecule has 0 bridgehead atoms. The molecule has 0 aromatic carbocycles. The largest absolute Gasteiger partial charge is 0.373 e. The second-order valence-corrected chi connectivity index (χ2v) is 6.82. The van der Waals surface area contributed by atoms with Crippen molar-refractivity contribution in [1.82, 2.24) is 9.97 Å². The predicted molar refractivity (Wildman–Crippen MR) is 89.8 cm³/mol. The molecule has 4 nitrogen and oxygen atoms in total. The molecule has 21 heavy (non-hydrogen) atoms. The van der Waals surface area contributed by atoms with Gasteiger partial charge in [0.25, 0.3) is 0 Å². The van der Waals surface area contributed by atoms with Crippen LogP contribution in [0.5, 0.6) is 0 Å². The summed E-state index contributed by atoms with van der Waals surface area (Å²) in [6, 6.07) is 2.01. The van der Waals surface area contributed by atoms with E-state index in [4.69, 9.17) is 0 Å². The summed E-state index contributed by atoms with van der Waals surface area (Å²) < 4.78 is 0. The molecule has 0 atom stereocenters. The van der Waals surface area contributed by atoms with Crippen LogP contribution in [0.1, 0.15) is 58.7 Å². The minimum atomic E-state index is 0.464. The Kier molecular flexibility index (Phi) is 5.43. The van der Waals surface area contributed by atoms with E-state index in [1.165, 1.54) is 32.1 Å². The first-order chi connectivity index (χ1) is 10.1. The third kappa shape index (κ3) is 4.32. The quantitative estimate of drug-likeness (QED) is 0.794. The summed E-state index contributed by atoms with van der Waals surface area (Å²) in [5.74, 6) is 3.51. The first-order valence-corrected chi connectivity index (χ1v) is 8.36. The molecule has 2 N–H and O–H groups in total. The van der Waals surface area contributed by atoms with Crippen molar-refractivity contribution in [2.75, 3.05) is 24.2 Å². The Balaban J connectivity index is 2.06. The van der Waals surface area contributed by atoms with Crippen LogP contribution in [0.4, 0.5) is 11.6 Å². The van der Waals surface area contributed by atoms with Gasteiger partial charge in [0.05, 0.1) is 0 Å². The van der Waals surface area contributed by atoms with Gasteiger partial charge in [-0.3, -0.25) is 0 Å². The summed E-state index contributed by atoms with van der Waals surface area (Å²) in [5, 5.41) is 6.71. The molecular formula is C17H30N4. The van der Waals surface area contributed by atoms with Crippen LogP contribution in [0.2, 0.25) is 0 Å². The van der Waals surface area contributed by atoms with E-state index in [-0.39, 0.29) is 0 Å². The Morgan fingerprint density at radius 2 is 1.86 bits per heavy atom. The molecule has 0 amide bonds. The van der Waals surface area contributed by atoms with Crippen LogP contribution in [0.3, 0.4) is 0 Å². The van der Waals surface area contributed by atoms with Gasteiger partial charge in [-0.2, -0.15) is 0 Å². The summed E-state index contributed by atoms with van der Waals surface area (Å²) in [7, 11) is 1.91. The van der Waals surface area contributed by atoms with Crippen molar-refractivity contribution < 1.29 is 0 Å². The zero-order valence-corrected chi connectivity index (χ0v) is 14.0. The Bertz CT molecular complexity index is 428. The van der Waals surface area contributed by atoms with Gasteiger partial charge in [0.2, 0.25) is 0 Å². The Hall–Kier alpha value is -1.32. The van der Waals surface area contributed by atoms with E-state index in [1.807, 2.05) is 13.1 Å². The molecule has 1 aromatic heterocycles. The van der Waals surface area contributed by atoms with Gasteiger partial charge < -0.3 is 10.6 Å². The molecule has 0 spiro atoms. The molecule has 2 rings (SSSR count). The maximum absolute atomic E-state index is 4.61. The van der Waals surface area contributed by atoms with Crippen LogP contribution >= 0.6 is 0 Å². The van der Waals surface area contributed by atoms with E-state index in [9.17, 15) is 0 Å². The van der Waals surface area contributed by atoms with Crippen LogP contribution < -0.4 is 10.6 Å². The van der Waals surface area contributed by atoms with E-state index in [0.29, 0.717) is 5.41 Å². The van der Waals surface area contributed by atoms with Gasteiger partial charge in [-0.25, -0.2) is 9.97 Å². The third-order valence-electron chi connectivity index (χ3n) is 4.49. The molecule has 1 aromatic rings. The van der Waals surface area contributed by atoms with Gasteiger partial charge in [0, 0.05) is 26.1 Å². The first-order valence-electron chi connectivity index (χ1n) is 8.36. The van der Waals surface area contributed by atoms with Crippen molar-refractivity contribution >= 4 is 11.6 Å². The standard InChI is InChI=1S/C17H30N4/c1-5-14-20-15(18-4)10-16(21-14)19-12-17(11-13(2)3)8-6-7-9-17/h10,13H,5-9,11-12H2,1-4H3,(H2,18,19,20,21). The molecule has 0 radical (unpaired) electrons. The van der Waals surface area contributed by atoms with Crippen molar-refractivity contribution in [3.05, 3.63) is 11.9 Å². The zero-order valence-electron chi connectivity index (χ0n) is 14.0. The van der Waals surface area contributed by atoms with E-state index >= 15 is 0 Å². The normalized spacial score (nSPS) is 17.2. The minimum Gasteiger partial charge on any atom is -0.373 e. The Morgan fingerprint density at radius 1 is 1.19 bits per heavy atom. The fraction of sp³-hybridized carbons (Fsp3) is 0.765. The number of nitrogens with one attached hydrogen (secondary N) is 2. The highest BCUT2D eigenvalue weighted by molar-refractivity contribution is 5.47. The SMILES string of the molecule is CCc1nc(NC)cc(NCC2(CC(C)C)CCCC2)n1. The van der Waals surface area contributed by atoms with Crippen molar-refractivity contribution in [3.8, 4) is 0 Å². The molecular weight excluding hydrogens is 260 g/mol. The van der Waals surface area contributed by atoms with E-state index in [2.05, 4.69) is 41.4 Å². The zero-order chi connectivity index (χ0) is 15.3. The van der Waals surface area contributed by atoms with E-state index < -0.39 is 0 Å². The lowest BCUT2D eigenvalue weighted by molar-refractivity contribution is 0.252. The second-order valence-electron chi connectivity index (χ2n) is 6.82. The van der Waals surface area contributed by atoms with Crippen LogP contribution in [0.15, 0.2) is 6.07 Å². The van der Waals surface area contributed by atoms with Gasteiger partial charge in [-0.15, -0.1) is 0 Å². The van der Waals surface area contributed by atoms with Gasteiger partial charge in [-0.05, 0) is 30.6 Å². The second kappa shape index (κ2) is 7.10. The molecule has 0 aliphatic heterocycles. The predicted octanol–water partition coefficient (Wildman–Crippen LogP) is 4.10. The monoisotopic (exact) mass is 290 g/mol. The van der Waals surface area contributed by atoms with Crippen LogP contribution in [0.25, 0.3) is 0 Å². The Morgan fingerprint density at radius 3 is 2.43 bits per heavy atom. The lowest BCUT2D eigenvalue weighted by atomic mass is 9.78. The molecule has 0 unspecified atom stereocenters. The van der Waals surface area contributed by atoms with E-state index in [1.54, 1.807) is 0 Å². The first kappa shape index (κ1) is 16.1. The van der Waals surface area contributed by atoms with Crippen LogP contribution in [-0.4, -0.2) is 23.6 Å². The minimum absolute atomic E-state index is 0.464. The number of aromatic nitrogens is 2. The van der Waals surface area contributed by atoms with Gasteiger partial charge in [0.1, 0.15) is 17.5 Å². The van der Waals surface area contributed by atoms with Crippen LogP contribution in [0, 0.1) is 11.3 Å². The summed E-state index contributed by atoms with van der Waals surface area (Å²) >= 11 is 0. The fourth-order valence-electron chi connectivity index (χ4n) is 3.60. The van der Waals surface area contributed by atoms with Crippen LogP contribution in [-0.2, 0) is 6.42 Å². The topological polar surface area (TPSA) is 49.8 Å². The van der Waals surface area contributed by atoms with Gasteiger partial charge >= 0.3 is 0 Å². The smallest absolute Gasteiger partial charge is 0.132 e. The number of hydrogen-bond acceptors (Lipinski definition) is 4. The third-order valence-corrected chi connectivity index (χ3v) is 4.49. The molecule has 118 valence electrons. The highest BCUT2D eigenvalue weighted by Gasteiger charge is 2.34. The molecule has 1 heterocycles. The van der Waals surface area contributed by atoms with Gasteiger partial charge in [0.15, 0.2) is 0 Å². The maximum Gasteiger partial charge on any atom is 0.132 e. The van der Waals surface area contributed by atoms with Crippen molar-refractivity contribution in [1.29, 1.82) is 0 Å². The average Bonchev–Trinajstić information content (AvgIpc) is 2.92. The van der Waals surface area contributed by atoms with E-state index in [0.717, 1.165) is 36.3 Å². The molecule has 4 heteroatoms. The highest BCUT2D eigenvalue weighted by atomic mass is 15.1. The Labute approximate surface area is 129 Å². The molecule has 1 fully saturated rings. The summed E-state index contributed by atoms with van der Waals surface area (Å²) in [5.41, 5.74) is 0.464. The lowest BCUT2D eigenvalue weighted by Gasteiger charge is -2.31. The highest BCUT2D eigenvalue weighted by Crippen LogP contribution is 2.43. The summed E-state index contributed by atoms with van der Waals surface area (Å²) in [4.78, 5) is 9.06. The van der Waals surface area contributed by atoms with Crippen molar-refractivity contribution in [2.45, 2.75) is 59.3 Å². The molecule has 0 saturated heterocycles. The van der Waals surface area contributed by atoms with Crippen molar-refractivity contribution in [2.24, 2.45) is 11.3 Å². The number of hydrogen-bond donors (Lipinski definition) is 2. The summed E-state index contributed by atoms with van der Waals surface area (Å²) in [6.45, 7) is 7.79. The number of rotatable bonds is 7. The fourth-order valence-corrected chi connectivity index (χ4v) is 3.60. The lowest BCUT2D eigenvalue weighted by Crippen LogP contribution is -2.29. The average molecular weight is 290 g/mol. The molecule has 1 aliphatic carbocycles. The number of nitrogens with zero attached hydrogens (tertiary/aromatic N) is 2.